The van der Waals surface area contributed by atoms with Crippen LogP contribution in [0.5, 0.6) is 0 Å². The molecule has 0 N–H and O–H groups in total. The minimum absolute atomic E-state index is 0.0913. The fourth-order valence-corrected chi connectivity index (χ4v) is 3.24. The summed E-state index contributed by atoms with van der Waals surface area (Å²) in [5, 5.41) is 0. The molecule has 0 bridgehead atoms. The van der Waals surface area contributed by atoms with E-state index in [2.05, 4.69) is 60.1 Å². The molecule has 2 rings (SSSR count). The van der Waals surface area contributed by atoms with Crippen LogP contribution in [0, 0.1) is 11.8 Å². The fourth-order valence-electron chi connectivity index (χ4n) is 3.24. The maximum absolute atomic E-state index is 11.4. The molecule has 0 atom stereocenters. The molecular formula is C37H60O5. The zero-order chi connectivity index (χ0) is 32.8. The topological polar surface area (TPSA) is 77.5 Å². The third-order valence-corrected chi connectivity index (χ3v) is 4.73. The van der Waals surface area contributed by atoms with Crippen molar-refractivity contribution in [2.45, 2.75) is 121 Å². The number of ketones is 3. The summed E-state index contributed by atoms with van der Waals surface area (Å²) in [6, 6.07) is 19.3. The molecule has 0 spiro atoms. The Hall–Kier alpha value is -3.08. The van der Waals surface area contributed by atoms with Gasteiger partial charge in [-0.25, -0.2) is 0 Å². The summed E-state index contributed by atoms with van der Waals surface area (Å²) in [6.07, 6.45) is 6.60. The molecule has 238 valence electrons. The third-order valence-electron chi connectivity index (χ3n) is 4.73. The summed E-state index contributed by atoms with van der Waals surface area (Å²) >= 11 is 0. The highest BCUT2D eigenvalue weighted by molar-refractivity contribution is 5.84. The van der Waals surface area contributed by atoms with E-state index in [1.54, 1.807) is 0 Å². The van der Waals surface area contributed by atoms with Crippen LogP contribution >= 0.6 is 0 Å². The number of ether oxygens (including phenoxy) is 1. The Kier molecular flexibility index (Phi) is 31.9. The normalized spacial score (nSPS) is 9.43. The molecule has 0 saturated heterocycles. The highest BCUT2D eigenvalue weighted by atomic mass is 16.5. The van der Waals surface area contributed by atoms with Gasteiger partial charge in [-0.1, -0.05) is 136 Å². The van der Waals surface area contributed by atoms with Crippen LogP contribution in [0.25, 0.3) is 0 Å². The molecule has 0 saturated carbocycles. The predicted molar refractivity (Wildman–Crippen MR) is 178 cm³/mol. The number of carbonyl (C=O) groups excluding carboxylic acids is 4. The van der Waals surface area contributed by atoms with Crippen LogP contribution in [0.3, 0.4) is 0 Å². The van der Waals surface area contributed by atoms with Gasteiger partial charge in [0, 0.05) is 39.0 Å². The van der Waals surface area contributed by atoms with E-state index in [0.717, 1.165) is 30.4 Å². The largest absolute Gasteiger partial charge is 0.458 e. The molecule has 0 radical (unpaired) electrons. The summed E-state index contributed by atoms with van der Waals surface area (Å²) in [5.41, 5.74) is 2.05. The molecule has 0 amide bonds. The molecule has 2 aromatic rings. The molecule has 0 unspecified atom stereocenters. The van der Waals surface area contributed by atoms with Crippen molar-refractivity contribution in [3.63, 3.8) is 0 Å². The lowest BCUT2D eigenvalue weighted by atomic mass is 10.0. The summed E-state index contributed by atoms with van der Waals surface area (Å²) in [5.74, 6) is 1.23. The van der Waals surface area contributed by atoms with Gasteiger partial charge in [0.1, 0.15) is 18.2 Å². The summed E-state index contributed by atoms with van der Waals surface area (Å²) in [6.45, 7) is 20.0. The van der Waals surface area contributed by atoms with Crippen LogP contribution in [0.1, 0.15) is 119 Å². The van der Waals surface area contributed by atoms with Crippen molar-refractivity contribution in [2.75, 3.05) is 6.61 Å². The lowest BCUT2D eigenvalue weighted by molar-refractivity contribution is -0.145. The van der Waals surface area contributed by atoms with Crippen molar-refractivity contribution in [1.82, 2.24) is 0 Å². The maximum Gasteiger partial charge on any atom is 0.303 e. The van der Waals surface area contributed by atoms with Gasteiger partial charge < -0.3 is 4.74 Å². The number of Topliss-reactive ketones (excluding diaryl/α,β-unsaturated/α-hetero) is 3. The highest BCUT2D eigenvalue weighted by Gasteiger charge is 2.06. The number of hydrogen-bond acceptors (Lipinski definition) is 5. The van der Waals surface area contributed by atoms with Crippen LogP contribution in [-0.4, -0.2) is 29.9 Å². The molecule has 0 heterocycles. The lowest BCUT2D eigenvalue weighted by Gasteiger charge is -2.03. The Balaban J connectivity index is -0.000000504. The SMILES string of the molecule is CC(=O)OCC(=O)Cc1ccccc1.CC(C)CC(=O)Cc1ccccc1.CCC.CCC.CCCC(=O)CC(C)C. The van der Waals surface area contributed by atoms with Crippen molar-refractivity contribution in [2.24, 2.45) is 11.8 Å². The standard InChI is InChI=1S/C12H16O.C11H12O3.C8H16O.2C3H8/c1-10(2)8-12(13)9-11-6-4-3-5-7-11;1-9(12)14-8-11(13)7-10-5-3-2-4-6-10;1-4-5-8(9)6-7(2)3;2*1-3-2/h3-7,10H,8-9H2,1-2H3;2-6H,7-8H2,1H3;7H,4-6H2,1-3H3;2*3H2,1-2H3. The first kappa shape index (κ1) is 43.4. The average molecular weight is 585 g/mol. The van der Waals surface area contributed by atoms with Crippen LogP contribution in [0.2, 0.25) is 0 Å². The van der Waals surface area contributed by atoms with Crippen LogP contribution in [0.15, 0.2) is 60.7 Å². The first-order chi connectivity index (χ1) is 19.9. The van der Waals surface area contributed by atoms with Gasteiger partial charge in [0.2, 0.25) is 0 Å². The van der Waals surface area contributed by atoms with Crippen molar-refractivity contribution in [1.29, 1.82) is 0 Å². The maximum atomic E-state index is 11.4. The molecule has 5 heteroatoms. The number of esters is 1. The Morgan fingerprint density at radius 3 is 1.29 bits per heavy atom. The van der Waals surface area contributed by atoms with Gasteiger partial charge in [-0.2, -0.15) is 0 Å². The molecule has 42 heavy (non-hydrogen) atoms. The van der Waals surface area contributed by atoms with Gasteiger partial charge in [0.25, 0.3) is 0 Å². The zero-order valence-corrected chi connectivity index (χ0v) is 28.3. The second kappa shape index (κ2) is 30.9. The molecule has 2 aromatic carbocycles. The average Bonchev–Trinajstić information content (AvgIpc) is 2.90. The summed E-state index contributed by atoms with van der Waals surface area (Å²) in [4.78, 5) is 43.9. The van der Waals surface area contributed by atoms with Gasteiger partial charge >= 0.3 is 5.97 Å². The highest BCUT2D eigenvalue weighted by Crippen LogP contribution is 2.06. The molecule has 0 aliphatic rings. The Morgan fingerprint density at radius 2 is 0.952 bits per heavy atom. The van der Waals surface area contributed by atoms with E-state index >= 15 is 0 Å². The lowest BCUT2D eigenvalue weighted by Crippen LogP contribution is -2.13. The van der Waals surface area contributed by atoms with Crippen molar-refractivity contribution < 1.29 is 23.9 Å². The van der Waals surface area contributed by atoms with E-state index in [-0.39, 0.29) is 12.4 Å². The molecule has 0 fully saturated rings. The van der Waals surface area contributed by atoms with Gasteiger partial charge in [0.05, 0.1) is 0 Å². The Labute approximate surface area is 257 Å². The molecular weight excluding hydrogens is 524 g/mol. The number of carbonyl (C=O) groups is 4. The van der Waals surface area contributed by atoms with Crippen LogP contribution in [0.4, 0.5) is 0 Å². The van der Waals surface area contributed by atoms with Crippen LogP contribution in [-0.2, 0) is 36.8 Å². The number of hydrogen-bond donors (Lipinski definition) is 0. The van der Waals surface area contributed by atoms with Crippen molar-refractivity contribution >= 4 is 23.3 Å². The summed E-state index contributed by atoms with van der Waals surface area (Å²) in [7, 11) is 0. The summed E-state index contributed by atoms with van der Waals surface area (Å²) < 4.78 is 4.59. The quantitative estimate of drug-likeness (QED) is 0.232. The van der Waals surface area contributed by atoms with E-state index in [4.69, 9.17) is 0 Å². The second-order valence-corrected chi connectivity index (χ2v) is 11.1. The van der Waals surface area contributed by atoms with E-state index in [1.807, 2.05) is 67.6 Å². The van der Waals surface area contributed by atoms with Gasteiger partial charge in [-0.05, 0) is 29.4 Å². The Bertz CT molecular complexity index is 916. The molecule has 0 aromatic heterocycles. The van der Waals surface area contributed by atoms with Gasteiger partial charge in [-0.3, -0.25) is 19.2 Å². The number of benzene rings is 2. The van der Waals surface area contributed by atoms with Gasteiger partial charge in [-0.15, -0.1) is 0 Å². The van der Waals surface area contributed by atoms with E-state index in [9.17, 15) is 19.2 Å². The molecule has 0 aliphatic heterocycles. The number of rotatable bonds is 12. The van der Waals surface area contributed by atoms with E-state index < -0.39 is 5.97 Å². The first-order valence-corrected chi connectivity index (χ1v) is 15.6. The second-order valence-electron chi connectivity index (χ2n) is 11.1. The molecule has 5 nitrogen and oxygen atoms in total. The van der Waals surface area contributed by atoms with Gasteiger partial charge in [0.15, 0.2) is 5.78 Å². The smallest absolute Gasteiger partial charge is 0.303 e. The third kappa shape index (κ3) is 34.9. The fraction of sp³-hybridized carbons (Fsp3) is 0.568. The Morgan fingerprint density at radius 1 is 0.595 bits per heavy atom. The zero-order valence-electron chi connectivity index (χ0n) is 28.3. The molecule has 0 aliphatic carbocycles. The monoisotopic (exact) mass is 584 g/mol. The van der Waals surface area contributed by atoms with E-state index in [0.29, 0.717) is 42.7 Å². The van der Waals surface area contributed by atoms with Crippen molar-refractivity contribution in [3.05, 3.63) is 71.8 Å². The van der Waals surface area contributed by atoms with Crippen molar-refractivity contribution in [3.8, 4) is 0 Å². The first-order valence-electron chi connectivity index (χ1n) is 15.6. The van der Waals surface area contributed by atoms with E-state index in [1.165, 1.54) is 19.8 Å². The van der Waals surface area contributed by atoms with Crippen LogP contribution < -0.4 is 0 Å². The minimum atomic E-state index is -0.425. The predicted octanol–water partition coefficient (Wildman–Crippen LogP) is 9.44. The minimum Gasteiger partial charge on any atom is -0.458 e.